The Morgan fingerprint density at radius 2 is 1.66 bits per heavy atom. The Morgan fingerprint density at radius 1 is 0.943 bits per heavy atom. The number of rotatable bonds is 8. The van der Waals surface area contributed by atoms with Crippen molar-refractivity contribution in [3.63, 3.8) is 0 Å². The topological polar surface area (TPSA) is 66.8 Å². The number of methoxy groups -OCH3 is 1. The van der Waals surface area contributed by atoms with Gasteiger partial charge in [-0.25, -0.2) is 4.79 Å². The molecule has 0 N–H and O–H groups in total. The fourth-order valence-corrected chi connectivity index (χ4v) is 4.81. The number of ether oxygens (including phenoxy) is 3. The van der Waals surface area contributed by atoms with E-state index < -0.39 is 6.09 Å². The fourth-order valence-electron chi connectivity index (χ4n) is 4.81. The van der Waals surface area contributed by atoms with Crippen LogP contribution in [0, 0.1) is 0 Å². The van der Waals surface area contributed by atoms with Gasteiger partial charge in [0.15, 0.2) is 0 Å². The molecule has 0 radical (unpaired) electrons. The molecule has 0 unspecified atom stereocenters. The third-order valence-electron chi connectivity index (χ3n) is 6.56. The van der Waals surface area contributed by atoms with Gasteiger partial charge in [-0.1, -0.05) is 61.7 Å². The molecule has 0 saturated heterocycles. The summed E-state index contributed by atoms with van der Waals surface area (Å²) < 4.78 is 18.0. The molecule has 6 nitrogen and oxygen atoms in total. The van der Waals surface area contributed by atoms with Crippen molar-refractivity contribution in [1.29, 1.82) is 0 Å². The molecule has 6 heteroatoms. The standard InChI is InChI=1S/C29H33NO5/c1-3-34-28(31)19-27-25(22-14-16-24(33-2)17-15-22)18-26(23-12-8-5-9-13-23)30(27)29(32)35-20-21-10-6-4-7-11-21/h4,6-7,10-11,14-18,23H,3,5,8-9,12-13,19-20H2,1-2H3. The van der Waals surface area contributed by atoms with Gasteiger partial charge in [0, 0.05) is 17.0 Å². The van der Waals surface area contributed by atoms with Crippen molar-refractivity contribution in [2.75, 3.05) is 13.7 Å². The molecule has 3 aromatic rings. The summed E-state index contributed by atoms with van der Waals surface area (Å²) in [5.74, 6) is 0.614. The molecular weight excluding hydrogens is 442 g/mol. The van der Waals surface area contributed by atoms with Crippen molar-refractivity contribution in [3.05, 3.63) is 77.6 Å². The van der Waals surface area contributed by atoms with Crippen LogP contribution in [0.1, 0.15) is 61.9 Å². The second-order valence-corrected chi connectivity index (χ2v) is 8.85. The average Bonchev–Trinajstić information content (AvgIpc) is 3.27. The monoisotopic (exact) mass is 475 g/mol. The second-order valence-electron chi connectivity index (χ2n) is 8.85. The van der Waals surface area contributed by atoms with Crippen molar-refractivity contribution in [2.45, 2.75) is 58.0 Å². The van der Waals surface area contributed by atoms with Crippen molar-refractivity contribution in [2.24, 2.45) is 0 Å². The van der Waals surface area contributed by atoms with Crippen LogP contribution in [0.25, 0.3) is 11.1 Å². The van der Waals surface area contributed by atoms with Gasteiger partial charge in [0.1, 0.15) is 12.4 Å². The van der Waals surface area contributed by atoms with Crippen molar-refractivity contribution in [1.82, 2.24) is 4.57 Å². The Morgan fingerprint density at radius 3 is 2.31 bits per heavy atom. The molecule has 2 aromatic carbocycles. The lowest BCUT2D eigenvalue weighted by Crippen LogP contribution is -2.23. The van der Waals surface area contributed by atoms with Crippen LogP contribution < -0.4 is 4.74 Å². The first-order valence-electron chi connectivity index (χ1n) is 12.4. The van der Waals surface area contributed by atoms with Crippen LogP contribution in [0.3, 0.4) is 0 Å². The van der Waals surface area contributed by atoms with E-state index in [2.05, 4.69) is 6.07 Å². The summed E-state index contributed by atoms with van der Waals surface area (Å²) in [4.78, 5) is 26.2. The summed E-state index contributed by atoms with van der Waals surface area (Å²) in [5.41, 5.74) is 4.18. The molecule has 1 saturated carbocycles. The molecule has 0 spiro atoms. The van der Waals surface area contributed by atoms with Gasteiger partial charge in [0.2, 0.25) is 0 Å². The first-order chi connectivity index (χ1) is 17.1. The Bertz CT molecular complexity index is 1130. The second kappa shape index (κ2) is 11.7. The number of carbonyl (C=O) groups excluding carboxylic acids is 2. The molecule has 1 fully saturated rings. The Kier molecular flexibility index (Phi) is 8.24. The van der Waals surface area contributed by atoms with E-state index in [0.717, 1.165) is 53.8 Å². The Labute approximate surface area is 206 Å². The van der Waals surface area contributed by atoms with Gasteiger partial charge in [-0.3, -0.25) is 9.36 Å². The number of aromatic nitrogens is 1. The van der Waals surface area contributed by atoms with Gasteiger partial charge in [0.05, 0.1) is 20.1 Å². The molecule has 0 amide bonds. The maximum Gasteiger partial charge on any atom is 0.418 e. The quantitative estimate of drug-likeness (QED) is 0.348. The molecule has 35 heavy (non-hydrogen) atoms. The minimum Gasteiger partial charge on any atom is -0.497 e. The summed E-state index contributed by atoms with van der Waals surface area (Å²) in [5, 5.41) is 0. The zero-order valence-electron chi connectivity index (χ0n) is 20.5. The number of hydrogen-bond acceptors (Lipinski definition) is 5. The van der Waals surface area contributed by atoms with Crippen LogP contribution in [0.15, 0.2) is 60.7 Å². The largest absolute Gasteiger partial charge is 0.497 e. The summed E-state index contributed by atoms with van der Waals surface area (Å²) in [6.45, 7) is 2.23. The lowest BCUT2D eigenvalue weighted by molar-refractivity contribution is -0.142. The van der Waals surface area contributed by atoms with Gasteiger partial charge < -0.3 is 14.2 Å². The minimum atomic E-state index is -0.464. The third-order valence-corrected chi connectivity index (χ3v) is 6.56. The molecule has 1 aliphatic rings. The molecule has 0 bridgehead atoms. The van der Waals surface area contributed by atoms with Crippen LogP contribution in [0.4, 0.5) is 4.79 Å². The molecule has 1 heterocycles. The van der Waals surface area contributed by atoms with E-state index in [0.29, 0.717) is 5.69 Å². The molecule has 4 rings (SSSR count). The van der Waals surface area contributed by atoms with Crippen molar-refractivity contribution < 1.29 is 23.8 Å². The third kappa shape index (κ3) is 5.94. The highest BCUT2D eigenvalue weighted by Crippen LogP contribution is 2.38. The van der Waals surface area contributed by atoms with E-state index in [9.17, 15) is 9.59 Å². The molecule has 0 atom stereocenters. The van der Waals surface area contributed by atoms with E-state index in [1.807, 2.05) is 54.6 Å². The maximum absolute atomic E-state index is 13.6. The van der Waals surface area contributed by atoms with Gasteiger partial charge in [-0.05, 0) is 55.0 Å². The summed E-state index contributed by atoms with van der Waals surface area (Å²) in [6, 6.07) is 19.3. The lowest BCUT2D eigenvalue weighted by Gasteiger charge is -2.23. The smallest absolute Gasteiger partial charge is 0.418 e. The summed E-state index contributed by atoms with van der Waals surface area (Å²) >= 11 is 0. The number of carbonyl (C=O) groups is 2. The number of benzene rings is 2. The van der Waals surface area contributed by atoms with Crippen molar-refractivity contribution in [3.8, 4) is 16.9 Å². The number of nitrogens with zero attached hydrogens (tertiary/aromatic N) is 1. The normalized spacial score (nSPS) is 13.9. The van der Waals surface area contributed by atoms with Crippen LogP contribution in [-0.2, 0) is 27.3 Å². The van der Waals surface area contributed by atoms with E-state index >= 15 is 0 Å². The van der Waals surface area contributed by atoms with E-state index in [1.54, 1.807) is 18.6 Å². The van der Waals surface area contributed by atoms with Gasteiger partial charge in [-0.15, -0.1) is 0 Å². The van der Waals surface area contributed by atoms with E-state index in [4.69, 9.17) is 14.2 Å². The molecule has 0 aliphatic heterocycles. The molecule has 184 valence electrons. The maximum atomic E-state index is 13.6. The Hall–Kier alpha value is -3.54. The van der Waals surface area contributed by atoms with Crippen LogP contribution in [-0.4, -0.2) is 30.3 Å². The van der Waals surface area contributed by atoms with Crippen LogP contribution >= 0.6 is 0 Å². The highest BCUT2D eigenvalue weighted by Gasteiger charge is 2.29. The number of hydrogen-bond donors (Lipinski definition) is 0. The molecule has 1 aliphatic carbocycles. The van der Waals surface area contributed by atoms with Gasteiger partial charge in [-0.2, -0.15) is 0 Å². The average molecular weight is 476 g/mol. The van der Waals surface area contributed by atoms with E-state index in [1.165, 1.54) is 6.42 Å². The van der Waals surface area contributed by atoms with E-state index in [-0.39, 0.29) is 31.5 Å². The van der Waals surface area contributed by atoms with Gasteiger partial charge >= 0.3 is 12.1 Å². The van der Waals surface area contributed by atoms with Crippen molar-refractivity contribution >= 4 is 12.1 Å². The SMILES string of the molecule is CCOC(=O)Cc1c(-c2ccc(OC)cc2)cc(C2CCCCC2)n1C(=O)OCc1ccccc1. The number of esters is 1. The lowest BCUT2D eigenvalue weighted by atomic mass is 9.86. The molecule has 1 aromatic heterocycles. The predicted molar refractivity (Wildman–Crippen MR) is 135 cm³/mol. The van der Waals surface area contributed by atoms with Crippen LogP contribution in [0.2, 0.25) is 0 Å². The summed E-state index contributed by atoms with van der Waals surface area (Å²) in [6.07, 6.45) is 5.00. The zero-order valence-corrected chi connectivity index (χ0v) is 20.5. The predicted octanol–water partition coefficient (Wildman–Crippen LogP) is 6.50. The highest BCUT2D eigenvalue weighted by atomic mass is 16.6. The first-order valence-corrected chi connectivity index (χ1v) is 12.4. The summed E-state index contributed by atoms with van der Waals surface area (Å²) in [7, 11) is 1.63. The van der Waals surface area contributed by atoms with Gasteiger partial charge in [0.25, 0.3) is 0 Å². The fraction of sp³-hybridized carbons (Fsp3) is 0.379. The minimum absolute atomic E-state index is 0.0115. The van der Waals surface area contributed by atoms with Crippen LogP contribution in [0.5, 0.6) is 5.75 Å². The Balaban J connectivity index is 1.77. The highest BCUT2D eigenvalue weighted by molar-refractivity contribution is 5.83. The molecular formula is C29H33NO5. The first kappa shape index (κ1) is 24.6. The zero-order chi connectivity index (χ0) is 24.6.